The number of hydrogen-bond acceptors (Lipinski definition) is 2. The molecule has 94 valence electrons. The molecule has 1 fully saturated rings. The predicted octanol–water partition coefficient (Wildman–Crippen LogP) is 3.63. The van der Waals surface area contributed by atoms with Gasteiger partial charge in [0, 0.05) is 33.6 Å². The number of nitrogens with one attached hydrogen (secondary N) is 1. The zero-order chi connectivity index (χ0) is 12.5. The van der Waals surface area contributed by atoms with Crippen molar-refractivity contribution in [3.05, 3.63) is 32.7 Å². The molecule has 2 N–H and O–H groups in total. The van der Waals surface area contributed by atoms with Crippen molar-refractivity contribution < 1.29 is 5.11 Å². The second kappa shape index (κ2) is 5.39. The second-order valence-corrected chi connectivity index (χ2v) is 6.70. The van der Waals surface area contributed by atoms with Crippen molar-refractivity contribution in [2.24, 2.45) is 5.41 Å². The van der Waals surface area contributed by atoms with Gasteiger partial charge in [0.1, 0.15) is 0 Å². The topological polar surface area (TPSA) is 32.3 Å². The third-order valence-corrected chi connectivity index (χ3v) is 4.68. The van der Waals surface area contributed by atoms with Crippen LogP contribution in [-0.2, 0) is 0 Å². The number of benzene rings is 1. The zero-order valence-corrected chi connectivity index (χ0v) is 13.0. The van der Waals surface area contributed by atoms with Crippen molar-refractivity contribution in [1.29, 1.82) is 0 Å². The number of aliphatic hydroxyl groups is 1. The average molecular weight is 363 g/mol. The van der Waals surface area contributed by atoms with E-state index in [1.165, 1.54) is 5.56 Å². The Morgan fingerprint density at radius 1 is 1.41 bits per heavy atom. The average Bonchev–Trinajstić information content (AvgIpc) is 3.07. The van der Waals surface area contributed by atoms with Gasteiger partial charge < -0.3 is 10.4 Å². The lowest BCUT2D eigenvalue weighted by molar-refractivity contribution is 0.204. The van der Waals surface area contributed by atoms with Gasteiger partial charge in [-0.15, -0.1) is 0 Å². The van der Waals surface area contributed by atoms with Crippen LogP contribution in [0.1, 0.15) is 31.4 Å². The van der Waals surface area contributed by atoms with Gasteiger partial charge in [-0.1, -0.05) is 37.9 Å². The van der Waals surface area contributed by atoms with Crippen LogP contribution in [-0.4, -0.2) is 18.3 Å². The van der Waals surface area contributed by atoms with Gasteiger partial charge in [-0.25, -0.2) is 0 Å². The highest BCUT2D eigenvalue weighted by molar-refractivity contribution is 9.11. The third kappa shape index (κ3) is 3.31. The monoisotopic (exact) mass is 361 g/mol. The Labute approximate surface area is 119 Å². The van der Waals surface area contributed by atoms with Crippen LogP contribution in [0.2, 0.25) is 0 Å². The van der Waals surface area contributed by atoms with Crippen LogP contribution in [0.15, 0.2) is 27.1 Å². The van der Waals surface area contributed by atoms with Crippen LogP contribution in [0.4, 0.5) is 0 Å². The maximum absolute atomic E-state index is 9.28. The Hall–Kier alpha value is 0.1000. The summed E-state index contributed by atoms with van der Waals surface area (Å²) in [5.41, 5.74) is 1.41. The van der Waals surface area contributed by atoms with E-state index in [2.05, 4.69) is 62.3 Å². The standard InChI is InChI=1S/C13H17Br2NO/c1-9(16-7-13(8-17)4-5-13)11-3-2-10(14)6-12(11)15/h2-3,6,9,16-17H,4-5,7-8H2,1H3. The van der Waals surface area contributed by atoms with E-state index in [1.54, 1.807) is 0 Å². The molecule has 17 heavy (non-hydrogen) atoms. The molecule has 0 bridgehead atoms. The van der Waals surface area contributed by atoms with Gasteiger partial charge in [-0.2, -0.15) is 0 Å². The Balaban J connectivity index is 1.97. The van der Waals surface area contributed by atoms with Crippen LogP contribution in [0.5, 0.6) is 0 Å². The summed E-state index contributed by atoms with van der Waals surface area (Å²) in [5, 5.41) is 12.8. The first kappa shape index (κ1) is 13.5. The molecule has 0 amide bonds. The van der Waals surface area contributed by atoms with Crippen molar-refractivity contribution in [1.82, 2.24) is 5.32 Å². The molecule has 1 atom stereocenters. The van der Waals surface area contributed by atoms with Gasteiger partial charge in [0.25, 0.3) is 0 Å². The van der Waals surface area contributed by atoms with Gasteiger partial charge in [0.15, 0.2) is 0 Å². The van der Waals surface area contributed by atoms with E-state index in [9.17, 15) is 5.11 Å². The van der Waals surface area contributed by atoms with E-state index in [0.717, 1.165) is 28.3 Å². The third-order valence-electron chi connectivity index (χ3n) is 3.50. The molecule has 0 aromatic heterocycles. The van der Waals surface area contributed by atoms with Crippen molar-refractivity contribution in [2.75, 3.05) is 13.2 Å². The molecule has 1 aromatic carbocycles. The molecule has 1 saturated carbocycles. The highest BCUT2D eigenvalue weighted by Gasteiger charge is 2.41. The van der Waals surface area contributed by atoms with E-state index >= 15 is 0 Å². The van der Waals surface area contributed by atoms with Crippen molar-refractivity contribution in [3.63, 3.8) is 0 Å². The Kier molecular flexibility index (Phi) is 4.29. The Bertz CT molecular complexity index is 404. The summed E-state index contributed by atoms with van der Waals surface area (Å²) in [6, 6.07) is 6.52. The molecule has 1 aliphatic rings. The van der Waals surface area contributed by atoms with E-state index in [1.807, 2.05) is 0 Å². The molecule has 2 rings (SSSR count). The van der Waals surface area contributed by atoms with E-state index in [-0.39, 0.29) is 5.41 Å². The van der Waals surface area contributed by atoms with Gasteiger partial charge in [0.2, 0.25) is 0 Å². The van der Waals surface area contributed by atoms with Gasteiger partial charge in [-0.3, -0.25) is 0 Å². The lowest BCUT2D eigenvalue weighted by Crippen LogP contribution is -2.29. The van der Waals surface area contributed by atoms with E-state index in [0.29, 0.717) is 12.6 Å². The summed E-state index contributed by atoms with van der Waals surface area (Å²) in [4.78, 5) is 0. The second-order valence-electron chi connectivity index (χ2n) is 4.93. The minimum Gasteiger partial charge on any atom is -0.396 e. The van der Waals surface area contributed by atoms with Crippen molar-refractivity contribution >= 4 is 31.9 Å². The largest absolute Gasteiger partial charge is 0.396 e. The summed E-state index contributed by atoms with van der Waals surface area (Å²) in [7, 11) is 0. The fourth-order valence-corrected chi connectivity index (χ4v) is 3.29. The number of hydrogen-bond donors (Lipinski definition) is 2. The molecule has 1 unspecified atom stereocenters. The smallest absolute Gasteiger partial charge is 0.0499 e. The maximum Gasteiger partial charge on any atom is 0.0499 e. The van der Waals surface area contributed by atoms with Gasteiger partial charge in [0.05, 0.1) is 0 Å². The first-order chi connectivity index (χ1) is 8.06. The minimum atomic E-state index is 0.163. The number of rotatable bonds is 5. The Morgan fingerprint density at radius 3 is 2.65 bits per heavy atom. The first-order valence-electron chi connectivity index (χ1n) is 5.85. The fourth-order valence-electron chi connectivity index (χ4n) is 1.90. The minimum absolute atomic E-state index is 0.163. The highest BCUT2D eigenvalue weighted by atomic mass is 79.9. The summed E-state index contributed by atoms with van der Waals surface area (Å²) in [6.07, 6.45) is 2.29. The van der Waals surface area contributed by atoms with E-state index in [4.69, 9.17) is 0 Å². The molecule has 1 aliphatic carbocycles. The normalized spacial score (nSPS) is 19.1. The maximum atomic E-state index is 9.28. The quantitative estimate of drug-likeness (QED) is 0.838. The first-order valence-corrected chi connectivity index (χ1v) is 7.44. The van der Waals surface area contributed by atoms with Crippen molar-refractivity contribution in [2.45, 2.75) is 25.8 Å². The molecule has 0 aliphatic heterocycles. The van der Waals surface area contributed by atoms with Crippen LogP contribution in [0.3, 0.4) is 0 Å². The molecule has 0 saturated heterocycles. The molecule has 0 heterocycles. The SMILES string of the molecule is CC(NCC1(CO)CC1)c1ccc(Br)cc1Br. The lowest BCUT2D eigenvalue weighted by Gasteiger charge is -2.19. The van der Waals surface area contributed by atoms with Crippen LogP contribution in [0, 0.1) is 5.41 Å². The molecule has 0 spiro atoms. The van der Waals surface area contributed by atoms with Gasteiger partial charge in [-0.05, 0) is 37.5 Å². The highest BCUT2D eigenvalue weighted by Crippen LogP contribution is 2.44. The molecule has 4 heteroatoms. The molecule has 1 aromatic rings. The van der Waals surface area contributed by atoms with E-state index < -0.39 is 0 Å². The van der Waals surface area contributed by atoms with Crippen LogP contribution >= 0.6 is 31.9 Å². The fraction of sp³-hybridized carbons (Fsp3) is 0.538. The lowest BCUT2D eigenvalue weighted by atomic mass is 10.1. The Morgan fingerprint density at radius 2 is 2.12 bits per heavy atom. The number of halogens is 2. The molecule has 0 radical (unpaired) electrons. The molecular weight excluding hydrogens is 346 g/mol. The van der Waals surface area contributed by atoms with Crippen molar-refractivity contribution in [3.8, 4) is 0 Å². The summed E-state index contributed by atoms with van der Waals surface area (Å²) < 4.78 is 2.19. The summed E-state index contributed by atoms with van der Waals surface area (Å²) in [6.45, 7) is 3.35. The molecular formula is C13H17Br2NO. The van der Waals surface area contributed by atoms with Crippen LogP contribution < -0.4 is 5.32 Å². The predicted molar refractivity (Wildman–Crippen MR) is 77.0 cm³/mol. The van der Waals surface area contributed by atoms with Gasteiger partial charge >= 0.3 is 0 Å². The summed E-state index contributed by atoms with van der Waals surface area (Å²) >= 11 is 7.04. The van der Waals surface area contributed by atoms with Crippen LogP contribution in [0.25, 0.3) is 0 Å². The zero-order valence-electron chi connectivity index (χ0n) is 9.84. The molecule has 2 nitrogen and oxygen atoms in total. The summed E-state index contributed by atoms with van der Waals surface area (Å²) in [5.74, 6) is 0. The number of aliphatic hydroxyl groups excluding tert-OH is 1.